The maximum atomic E-state index is 11.5. The molecule has 1 aliphatic rings. The van der Waals surface area contributed by atoms with E-state index in [0.29, 0.717) is 25.7 Å². The molecule has 0 radical (unpaired) electrons. The van der Waals surface area contributed by atoms with Crippen molar-refractivity contribution in [2.24, 2.45) is 10.7 Å². The van der Waals surface area contributed by atoms with Gasteiger partial charge in [-0.1, -0.05) is 24.3 Å². The van der Waals surface area contributed by atoms with E-state index in [2.05, 4.69) is 9.71 Å². The molecule has 122 valence electrons. The normalized spacial score (nSPS) is 16.8. The highest BCUT2D eigenvalue weighted by atomic mass is 32.2. The third-order valence-electron chi connectivity index (χ3n) is 3.45. The van der Waals surface area contributed by atoms with E-state index in [0.717, 1.165) is 24.2 Å². The van der Waals surface area contributed by atoms with Crippen molar-refractivity contribution in [1.29, 1.82) is 0 Å². The minimum Gasteiger partial charge on any atom is -0.378 e. The lowest BCUT2D eigenvalue weighted by Crippen LogP contribution is -2.44. The fraction of sp³-hybridized carbons (Fsp3) is 0.500. The summed E-state index contributed by atoms with van der Waals surface area (Å²) in [5.74, 6) is 0.494. The molecule has 0 spiro atoms. The highest BCUT2D eigenvalue weighted by Crippen LogP contribution is 2.09. The van der Waals surface area contributed by atoms with Crippen LogP contribution >= 0.6 is 0 Å². The number of hydrogen-bond donors (Lipinski definition) is 2. The number of nitrogens with two attached hydrogens (primary N) is 1. The van der Waals surface area contributed by atoms with Crippen LogP contribution in [0.2, 0.25) is 0 Å². The number of guanidine groups is 1. The minimum absolute atomic E-state index is 0.0248. The second kappa shape index (κ2) is 7.57. The van der Waals surface area contributed by atoms with Gasteiger partial charge >= 0.3 is 0 Å². The molecule has 1 aromatic rings. The predicted octanol–water partition coefficient (Wildman–Crippen LogP) is -0.117. The molecule has 1 fully saturated rings. The summed E-state index contributed by atoms with van der Waals surface area (Å²) >= 11 is 0. The zero-order valence-corrected chi connectivity index (χ0v) is 13.5. The Bertz CT molecular complexity index is 607. The molecule has 0 saturated carbocycles. The molecule has 0 amide bonds. The fourth-order valence-corrected chi connectivity index (χ4v) is 2.87. The van der Waals surface area contributed by atoms with Gasteiger partial charge in [-0.05, 0) is 18.2 Å². The standard InChI is InChI=1S/C14H22N4O3S/c1-16-22(19,20)11-13-4-2-12(3-5-13)10-17-14(15)18-6-8-21-9-7-18/h2-5,16H,6-11H2,1H3,(H2,15,17). The van der Waals surface area contributed by atoms with Gasteiger partial charge < -0.3 is 15.4 Å². The van der Waals surface area contributed by atoms with Gasteiger partial charge in [0.2, 0.25) is 10.0 Å². The quantitative estimate of drug-likeness (QED) is 0.581. The zero-order valence-electron chi connectivity index (χ0n) is 12.7. The van der Waals surface area contributed by atoms with Gasteiger partial charge in [-0.15, -0.1) is 0 Å². The minimum atomic E-state index is -3.24. The van der Waals surface area contributed by atoms with Crippen LogP contribution in [0.1, 0.15) is 11.1 Å². The van der Waals surface area contributed by atoms with E-state index in [9.17, 15) is 8.42 Å². The first-order valence-electron chi connectivity index (χ1n) is 7.12. The molecule has 1 saturated heterocycles. The van der Waals surface area contributed by atoms with Crippen molar-refractivity contribution in [1.82, 2.24) is 9.62 Å². The number of hydrogen-bond acceptors (Lipinski definition) is 4. The maximum Gasteiger partial charge on any atom is 0.215 e. The molecular formula is C14H22N4O3S. The second-order valence-corrected chi connectivity index (χ2v) is 6.98. The Kier molecular flexibility index (Phi) is 5.76. The topological polar surface area (TPSA) is 97.0 Å². The Balaban J connectivity index is 1.93. The average molecular weight is 326 g/mol. The molecule has 0 bridgehead atoms. The van der Waals surface area contributed by atoms with Crippen molar-refractivity contribution in [2.45, 2.75) is 12.3 Å². The smallest absolute Gasteiger partial charge is 0.215 e. The van der Waals surface area contributed by atoms with Crippen LogP contribution in [0.4, 0.5) is 0 Å². The number of morpholine rings is 1. The van der Waals surface area contributed by atoms with Gasteiger partial charge in [0.25, 0.3) is 0 Å². The highest BCUT2D eigenvalue weighted by molar-refractivity contribution is 7.88. The lowest BCUT2D eigenvalue weighted by Gasteiger charge is -2.27. The van der Waals surface area contributed by atoms with Crippen molar-refractivity contribution in [2.75, 3.05) is 33.4 Å². The molecule has 8 heteroatoms. The Morgan fingerprint density at radius 2 is 1.86 bits per heavy atom. The van der Waals surface area contributed by atoms with Crippen LogP contribution in [0.3, 0.4) is 0 Å². The third-order valence-corrected chi connectivity index (χ3v) is 4.78. The van der Waals surface area contributed by atoms with E-state index in [-0.39, 0.29) is 5.75 Å². The third kappa shape index (κ3) is 4.97. The van der Waals surface area contributed by atoms with Gasteiger partial charge in [0, 0.05) is 13.1 Å². The molecule has 1 aliphatic heterocycles. The summed E-state index contributed by atoms with van der Waals surface area (Å²) in [5.41, 5.74) is 7.69. The van der Waals surface area contributed by atoms with E-state index in [1.165, 1.54) is 7.05 Å². The largest absolute Gasteiger partial charge is 0.378 e. The molecular weight excluding hydrogens is 304 g/mol. The zero-order chi connectivity index (χ0) is 16.0. The number of ether oxygens (including phenoxy) is 1. The molecule has 1 heterocycles. The Labute approximate surface area is 131 Å². The van der Waals surface area contributed by atoms with Crippen LogP contribution in [-0.2, 0) is 27.1 Å². The lowest BCUT2D eigenvalue weighted by atomic mass is 10.1. The summed E-state index contributed by atoms with van der Waals surface area (Å²) in [7, 11) is -1.83. The molecule has 0 aromatic heterocycles. The van der Waals surface area contributed by atoms with Crippen molar-refractivity contribution in [3.63, 3.8) is 0 Å². The number of aliphatic imine (C=N–C) groups is 1. The SMILES string of the molecule is CNS(=O)(=O)Cc1ccc(CN=C(N)N2CCOCC2)cc1. The summed E-state index contributed by atoms with van der Waals surface area (Å²) in [6, 6.07) is 7.34. The predicted molar refractivity (Wildman–Crippen MR) is 85.8 cm³/mol. The Morgan fingerprint density at radius 3 is 2.45 bits per heavy atom. The number of nitrogens with zero attached hydrogens (tertiary/aromatic N) is 2. The molecule has 3 N–H and O–H groups in total. The van der Waals surface area contributed by atoms with Crippen molar-refractivity contribution >= 4 is 16.0 Å². The van der Waals surface area contributed by atoms with Crippen LogP contribution in [0.15, 0.2) is 29.3 Å². The molecule has 1 aromatic carbocycles. The van der Waals surface area contributed by atoms with Gasteiger partial charge in [0.15, 0.2) is 5.96 Å². The van der Waals surface area contributed by atoms with E-state index < -0.39 is 10.0 Å². The van der Waals surface area contributed by atoms with Crippen molar-refractivity contribution in [3.8, 4) is 0 Å². The molecule has 0 aliphatic carbocycles. The molecule has 0 unspecified atom stereocenters. The van der Waals surface area contributed by atoms with Gasteiger partial charge in [0.05, 0.1) is 25.5 Å². The molecule has 7 nitrogen and oxygen atoms in total. The van der Waals surface area contributed by atoms with Gasteiger partial charge in [0.1, 0.15) is 0 Å². The Morgan fingerprint density at radius 1 is 1.27 bits per heavy atom. The van der Waals surface area contributed by atoms with Crippen molar-refractivity contribution < 1.29 is 13.2 Å². The maximum absolute atomic E-state index is 11.5. The number of nitrogens with one attached hydrogen (secondary N) is 1. The molecule has 0 atom stereocenters. The summed E-state index contributed by atoms with van der Waals surface area (Å²) in [4.78, 5) is 6.37. The monoisotopic (exact) mass is 326 g/mol. The number of benzene rings is 1. The number of sulfonamides is 1. The summed E-state index contributed by atoms with van der Waals surface area (Å²) in [5, 5.41) is 0. The van der Waals surface area contributed by atoms with Crippen LogP contribution in [-0.4, -0.2) is 52.6 Å². The van der Waals surface area contributed by atoms with Gasteiger partial charge in [-0.25, -0.2) is 18.1 Å². The first-order valence-corrected chi connectivity index (χ1v) is 8.77. The van der Waals surface area contributed by atoms with Crippen LogP contribution in [0.25, 0.3) is 0 Å². The number of rotatable bonds is 5. The van der Waals surface area contributed by atoms with E-state index in [4.69, 9.17) is 10.5 Å². The van der Waals surface area contributed by atoms with Crippen LogP contribution < -0.4 is 10.5 Å². The summed E-state index contributed by atoms with van der Waals surface area (Å²) < 4.78 is 30.5. The van der Waals surface area contributed by atoms with Crippen molar-refractivity contribution in [3.05, 3.63) is 35.4 Å². The molecule has 22 heavy (non-hydrogen) atoms. The van der Waals surface area contributed by atoms with Crippen LogP contribution in [0.5, 0.6) is 0 Å². The lowest BCUT2D eigenvalue weighted by molar-refractivity contribution is 0.0674. The van der Waals surface area contributed by atoms with E-state index in [1.54, 1.807) is 12.1 Å². The average Bonchev–Trinajstić information content (AvgIpc) is 2.54. The first-order chi connectivity index (χ1) is 10.5. The van der Waals surface area contributed by atoms with E-state index in [1.807, 2.05) is 17.0 Å². The van der Waals surface area contributed by atoms with E-state index >= 15 is 0 Å². The first kappa shape index (κ1) is 16.7. The van der Waals surface area contributed by atoms with Gasteiger partial charge in [-0.2, -0.15) is 0 Å². The second-order valence-electron chi connectivity index (χ2n) is 5.05. The molecule has 2 rings (SSSR count). The highest BCUT2D eigenvalue weighted by Gasteiger charge is 2.12. The summed E-state index contributed by atoms with van der Waals surface area (Å²) in [6.07, 6.45) is 0. The fourth-order valence-electron chi connectivity index (χ4n) is 2.10. The van der Waals surface area contributed by atoms with Crippen LogP contribution in [0, 0.1) is 0 Å². The Hall–Kier alpha value is -1.64. The van der Waals surface area contributed by atoms with Gasteiger partial charge in [-0.3, -0.25) is 0 Å². The summed E-state index contributed by atoms with van der Waals surface area (Å²) in [6.45, 7) is 3.34.